The molecule has 6 nitrogen and oxygen atoms in total. The third-order valence-corrected chi connectivity index (χ3v) is 3.11. The van der Waals surface area contributed by atoms with Crippen molar-refractivity contribution in [3.63, 3.8) is 0 Å². The first kappa shape index (κ1) is 19.0. The van der Waals surface area contributed by atoms with Crippen molar-refractivity contribution in [2.24, 2.45) is 5.73 Å². The van der Waals surface area contributed by atoms with Gasteiger partial charge in [0.15, 0.2) is 5.69 Å². The number of aryl methyl sites for hydroxylation is 1. The minimum Gasteiger partial charge on any atom is -0.494 e. The van der Waals surface area contributed by atoms with Gasteiger partial charge in [-0.3, -0.25) is 4.79 Å². The second-order valence-electron chi connectivity index (χ2n) is 5.99. The van der Waals surface area contributed by atoms with Crippen LogP contribution in [0.15, 0.2) is 30.5 Å². The highest BCUT2D eigenvalue weighted by atomic mass is 35.5. The van der Waals surface area contributed by atoms with E-state index in [4.69, 9.17) is 10.5 Å². The number of carbonyl (C=O) groups excluding carboxylic acids is 1. The summed E-state index contributed by atoms with van der Waals surface area (Å²) >= 11 is 0. The molecule has 0 atom stereocenters. The highest BCUT2D eigenvalue weighted by molar-refractivity contribution is 5.92. The number of benzene rings is 1. The summed E-state index contributed by atoms with van der Waals surface area (Å²) in [7, 11) is 1.61. The normalized spacial score (nSPS) is 10.8. The minimum absolute atomic E-state index is 0. The molecule has 1 aromatic heterocycles. The van der Waals surface area contributed by atoms with Crippen molar-refractivity contribution in [3.05, 3.63) is 41.7 Å². The molecule has 7 heteroatoms. The number of ether oxygens (including phenoxy) is 1. The molecule has 2 rings (SSSR count). The van der Waals surface area contributed by atoms with E-state index in [0.717, 1.165) is 11.3 Å². The number of hydrogen-bond donors (Lipinski definition) is 2. The summed E-state index contributed by atoms with van der Waals surface area (Å²) in [5.41, 5.74) is 7.61. The van der Waals surface area contributed by atoms with Crippen molar-refractivity contribution in [1.82, 2.24) is 15.1 Å². The van der Waals surface area contributed by atoms with Gasteiger partial charge in [-0.2, -0.15) is 5.10 Å². The van der Waals surface area contributed by atoms with E-state index in [1.54, 1.807) is 24.1 Å². The Morgan fingerprint density at radius 3 is 2.70 bits per heavy atom. The summed E-state index contributed by atoms with van der Waals surface area (Å²) in [6, 6.07) is 7.46. The van der Waals surface area contributed by atoms with Crippen LogP contribution in [0.25, 0.3) is 5.69 Å². The Hall–Kier alpha value is -2.05. The lowest BCUT2D eigenvalue weighted by Crippen LogP contribution is -2.45. The van der Waals surface area contributed by atoms with E-state index in [2.05, 4.69) is 10.4 Å². The van der Waals surface area contributed by atoms with Crippen LogP contribution in [0, 0.1) is 6.92 Å². The van der Waals surface area contributed by atoms with E-state index >= 15 is 0 Å². The summed E-state index contributed by atoms with van der Waals surface area (Å²) in [5, 5.41) is 7.09. The summed E-state index contributed by atoms with van der Waals surface area (Å²) in [4.78, 5) is 12.1. The predicted octanol–water partition coefficient (Wildman–Crippen LogP) is 2.08. The third kappa shape index (κ3) is 4.97. The van der Waals surface area contributed by atoms with Gasteiger partial charge in [0.05, 0.1) is 7.11 Å². The maximum absolute atomic E-state index is 12.1. The van der Waals surface area contributed by atoms with Crippen molar-refractivity contribution >= 4 is 18.3 Å². The van der Waals surface area contributed by atoms with Crippen molar-refractivity contribution < 1.29 is 9.53 Å². The Bertz CT molecular complexity index is 677. The van der Waals surface area contributed by atoms with E-state index in [9.17, 15) is 4.79 Å². The Kier molecular flexibility index (Phi) is 6.18. The zero-order valence-corrected chi connectivity index (χ0v) is 14.6. The van der Waals surface area contributed by atoms with Crippen LogP contribution in [0.1, 0.15) is 29.9 Å². The zero-order chi connectivity index (χ0) is 16.3. The van der Waals surface area contributed by atoms with Gasteiger partial charge in [-0.25, -0.2) is 4.68 Å². The number of methoxy groups -OCH3 is 1. The number of rotatable bonds is 5. The van der Waals surface area contributed by atoms with Crippen LogP contribution in [-0.2, 0) is 0 Å². The van der Waals surface area contributed by atoms with Crippen molar-refractivity contribution in [3.8, 4) is 11.4 Å². The molecule has 23 heavy (non-hydrogen) atoms. The van der Waals surface area contributed by atoms with Crippen LogP contribution >= 0.6 is 12.4 Å². The second kappa shape index (κ2) is 7.48. The Morgan fingerprint density at radius 2 is 2.09 bits per heavy atom. The zero-order valence-electron chi connectivity index (χ0n) is 13.8. The number of amides is 1. The van der Waals surface area contributed by atoms with E-state index in [-0.39, 0.29) is 18.3 Å². The maximum Gasteiger partial charge on any atom is 0.271 e. The van der Waals surface area contributed by atoms with E-state index in [0.29, 0.717) is 18.0 Å². The van der Waals surface area contributed by atoms with Crippen LogP contribution in [0.3, 0.4) is 0 Å². The molecule has 0 saturated heterocycles. The number of hydrogen-bond acceptors (Lipinski definition) is 4. The first-order chi connectivity index (χ1) is 10.3. The number of halogens is 1. The lowest BCUT2D eigenvalue weighted by Gasteiger charge is -2.18. The SMILES string of the molecule is COc1ccc(C)cc1-n1ccc(C(=O)NCC(C)(C)N)n1.Cl. The molecule has 0 unspecified atom stereocenters. The monoisotopic (exact) mass is 338 g/mol. The molecule has 3 N–H and O–H groups in total. The molecule has 0 aliphatic rings. The number of nitrogens with zero attached hydrogens (tertiary/aromatic N) is 2. The Morgan fingerprint density at radius 1 is 1.39 bits per heavy atom. The summed E-state index contributed by atoms with van der Waals surface area (Å²) in [5.74, 6) is 0.452. The standard InChI is InChI=1S/C16H22N4O2.ClH/c1-11-5-6-14(22-4)13(9-11)20-8-7-12(19-20)15(21)18-10-16(2,3)17;/h5-9H,10,17H2,1-4H3,(H,18,21);1H. The average Bonchev–Trinajstić information content (AvgIpc) is 2.93. The molecule has 0 fully saturated rings. The Labute approximate surface area is 142 Å². The van der Waals surface area contributed by atoms with Crippen molar-refractivity contribution in [2.75, 3.05) is 13.7 Å². The van der Waals surface area contributed by atoms with E-state index in [1.165, 1.54) is 0 Å². The number of aromatic nitrogens is 2. The summed E-state index contributed by atoms with van der Waals surface area (Å²) < 4.78 is 6.97. The van der Waals surface area contributed by atoms with Crippen LogP contribution in [0.4, 0.5) is 0 Å². The van der Waals surface area contributed by atoms with Gasteiger partial charge < -0.3 is 15.8 Å². The van der Waals surface area contributed by atoms with Crippen molar-refractivity contribution in [1.29, 1.82) is 0 Å². The molecule has 1 amide bonds. The quantitative estimate of drug-likeness (QED) is 0.874. The molecule has 1 aromatic carbocycles. The molecule has 0 bridgehead atoms. The molecule has 0 aliphatic heterocycles. The van der Waals surface area contributed by atoms with Gasteiger partial charge in [-0.1, -0.05) is 6.07 Å². The van der Waals surface area contributed by atoms with E-state index < -0.39 is 5.54 Å². The van der Waals surface area contributed by atoms with Gasteiger partial charge in [-0.15, -0.1) is 12.4 Å². The molecule has 0 spiro atoms. The Balaban J connectivity index is 0.00000264. The van der Waals surface area contributed by atoms with Crippen LogP contribution in [0.2, 0.25) is 0 Å². The fraction of sp³-hybridized carbons (Fsp3) is 0.375. The average molecular weight is 339 g/mol. The lowest BCUT2D eigenvalue weighted by molar-refractivity contribution is 0.0940. The van der Waals surface area contributed by atoms with Gasteiger partial charge in [0.25, 0.3) is 5.91 Å². The number of nitrogens with one attached hydrogen (secondary N) is 1. The third-order valence-electron chi connectivity index (χ3n) is 3.11. The second-order valence-corrected chi connectivity index (χ2v) is 5.99. The van der Waals surface area contributed by atoms with Crippen LogP contribution in [0.5, 0.6) is 5.75 Å². The fourth-order valence-electron chi connectivity index (χ4n) is 1.96. The number of nitrogens with two attached hydrogens (primary N) is 1. The van der Waals surface area contributed by atoms with Crippen LogP contribution in [-0.4, -0.2) is 34.9 Å². The highest BCUT2D eigenvalue weighted by Gasteiger charge is 2.16. The summed E-state index contributed by atoms with van der Waals surface area (Å²) in [6.07, 6.45) is 1.74. The first-order valence-corrected chi connectivity index (χ1v) is 7.08. The largest absolute Gasteiger partial charge is 0.494 e. The van der Waals surface area contributed by atoms with Gasteiger partial charge in [-0.05, 0) is 44.5 Å². The fourth-order valence-corrected chi connectivity index (χ4v) is 1.96. The number of carbonyl (C=O) groups is 1. The topological polar surface area (TPSA) is 82.2 Å². The van der Waals surface area contributed by atoms with Gasteiger partial charge in [0, 0.05) is 18.3 Å². The summed E-state index contributed by atoms with van der Waals surface area (Å²) in [6.45, 7) is 6.07. The van der Waals surface area contributed by atoms with Crippen LogP contribution < -0.4 is 15.8 Å². The smallest absolute Gasteiger partial charge is 0.271 e. The molecule has 1 heterocycles. The van der Waals surface area contributed by atoms with Gasteiger partial charge >= 0.3 is 0 Å². The van der Waals surface area contributed by atoms with Gasteiger partial charge in [0.2, 0.25) is 0 Å². The first-order valence-electron chi connectivity index (χ1n) is 7.08. The predicted molar refractivity (Wildman–Crippen MR) is 92.7 cm³/mol. The molecular weight excluding hydrogens is 316 g/mol. The molecule has 0 radical (unpaired) electrons. The molecule has 126 valence electrons. The molecule has 0 aliphatic carbocycles. The lowest BCUT2D eigenvalue weighted by atomic mass is 10.1. The van der Waals surface area contributed by atoms with Gasteiger partial charge in [0.1, 0.15) is 11.4 Å². The molecule has 2 aromatic rings. The van der Waals surface area contributed by atoms with Crippen molar-refractivity contribution in [2.45, 2.75) is 26.3 Å². The minimum atomic E-state index is -0.460. The maximum atomic E-state index is 12.1. The molecular formula is C16H23ClN4O2. The van der Waals surface area contributed by atoms with E-state index in [1.807, 2.05) is 39.0 Å². The molecule has 0 saturated carbocycles. The highest BCUT2D eigenvalue weighted by Crippen LogP contribution is 2.23.